The van der Waals surface area contributed by atoms with Crippen LogP contribution < -0.4 is 10.2 Å². The summed E-state index contributed by atoms with van der Waals surface area (Å²) in [6.07, 6.45) is -0.476. The van der Waals surface area contributed by atoms with Crippen molar-refractivity contribution >= 4 is 29.2 Å². The molecule has 1 aromatic rings. The van der Waals surface area contributed by atoms with Crippen LogP contribution in [0.2, 0.25) is 5.02 Å². The molecule has 0 saturated carbocycles. The quantitative estimate of drug-likeness (QED) is 0.677. The molecule has 0 aromatic heterocycles. The molecule has 138 valence electrons. The second-order valence-corrected chi connectivity index (χ2v) is 5.92. The number of ether oxygens (including phenoxy) is 2. The van der Waals surface area contributed by atoms with Gasteiger partial charge in [-0.2, -0.15) is 0 Å². The van der Waals surface area contributed by atoms with Crippen LogP contribution in [0.1, 0.15) is 13.8 Å². The van der Waals surface area contributed by atoms with E-state index in [0.717, 1.165) is 5.69 Å². The SMILES string of the molecule is CCOC(CNC(=O)CN1CCN(c2cccc(Cl)c2)C1=O)OCC. The van der Waals surface area contributed by atoms with Gasteiger partial charge in [-0.25, -0.2) is 4.79 Å². The Morgan fingerprint density at radius 2 is 2.00 bits per heavy atom. The van der Waals surface area contributed by atoms with Crippen molar-refractivity contribution in [1.29, 1.82) is 0 Å². The number of anilines is 1. The lowest BCUT2D eigenvalue weighted by molar-refractivity contribution is -0.140. The Morgan fingerprint density at radius 1 is 1.28 bits per heavy atom. The number of urea groups is 1. The van der Waals surface area contributed by atoms with E-state index in [-0.39, 0.29) is 25.0 Å². The maximum atomic E-state index is 12.5. The van der Waals surface area contributed by atoms with Gasteiger partial charge in [-0.05, 0) is 32.0 Å². The number of rotatable bonds is 9. The van der Waals surface area contributed by atoms with Gasteiger partial charge in [0.05, 0.1) is 6.54 Å². The lowest BCUT2D eigenvalue weighted by atomic mass is 10.3. The number of nitrogens with zero attached hydrogens (tertiary/aromatic N) is 2. The number of halogens is 1. The lowest BCUT2D eigenvalue weighted by Gasteiger charge is -2.20. The molecule has 0 aliphatic carbocycles. The molecule has 2 rings (SSSR count). The van der Waals surface area contributed by atoms with Gasteiger partial charge in [0.1, 0.15) is 6.54 Å². The summed E-state index contributed by atoms with van der Waals surface area (Å²) in [7, 11) is 0. The predicted molar refractivity (Wildman–Crippen MR) is 95.8 cm³/mol. The van der Waals surface area contributed by atoms with Gasteiger partial charge >= 0.3 is 6.03 Å². The summed E-state index contributed by atoms with van der Waals surface area (Å²) in [4.78, 5) is 27.7. The smallest absolute Gasteiger partial charge is 0.325 e. The van der Waals surface area contributed by atoms with Crippen LogP contribution in [0.15, 0.2) is 24.3 Å². The molecule has 0 unspecified atom stereocenters. The summed E-state index contributed by atoms with van der Waals surface area (Å²) in [5, 5.41) is 3.31. The average molecular weight is 370 g/mol. The van der Waals surface area contributed by atoms with Crippen molar-refractivity contribution in [3.63, 3.8) is 0 Å². The predicted octanol–water partition coefficient (Wildman–Crippen LogP) is 2.10. The van der Waals surface area contributed by atoms with E-state index in [1.165, 1.54) is 4.90 Å². The summed E-state index contributed by atoms with van der Waals surface area (Å²) in [5.74, 6) is -0.245. The molecule has 1 N–H and O–H groups in total. The molecule has 0 radical (unpaired) electrons. The van der Waals surface area contributed by atoms with Crippen LogP contribution in [0.25, 0.3) is 0 Å². The second kappa shape index (κ2) is 9.60. The molecule has 1 heterocycles. The first-order valence-corrected chi connectivity index (χ1v) is 8.74. The maximum absolute atomic E-state index is 12.5. The number of nitrogens with one attached hydrogen (secondary N) is 1. The van der Waals surface area contributed by atoms with Gasteiger partial charge < -0.3 is 19.7 Å². The number of hydrogen-bond donors (Lipinski definition) is 1. The Kier molecular flexibility index (Phi) is 7.49. The zero-order chi connectivity index (χ0) is 18.2. The molecule has 3 amide bonds. The molecule has 1 aromatic carbocycles. The van der Waals surface area contributed by atoms with E-state index in [1.54, 1.807) is 23.1 Å². The van der Waals surface area contributed by atoms with Crippen molar-refractivity contribution in [3.8, 4) is 0 Å². The molecule has 1 fully saturated rings. The molecule has 1 aliphatic rings. The molecule has 25 heavy (non-hydrogen) atoms. The number of amides is 3. The third-order valence-corrected chi connectivity index (χ3v) is 3.96. The van der Waals surface area contributed by atoms with Gasteiger partial charge in [-0.15, -0.1) is 0 Å². The van der Waals surface area contributed by atoms with Gasteiger partial charge in [-0.3, -0.25) is 9.69 Å². The minimum Gasteiger partial charge on any atom is -0.351 e. The second-order valence-electron chi connectivity index (χ2n) is 5.48. The number of carbonyl (C=O) groups excluding carboxylic acids is 2. The summed E-state index contributed by atoms with van der Waals surface area (Å²) < 4.78 is 10.7. The molecular formula is C17H24ClN3O4. The minimum absolute atomic E-state index is 0.000862. The number of hydrogen-bond acceptors (Lipinski definition) is 4. The Balaban J connectivity index is 1.84. The first-order valence-electron chi connectivity index (χ1n) is 8.37. The van der Waals surface area contributed by atoms with Crippen molar-refractivity contribution in [2.45, 2.75) is 20.1 Å². The van der Waals surface area contributed by atoms with Gasteiger partial charge in [-0.1, -0.05) is 17.7 Å². The van der Waals surface area contributed by atoms with E-state index < -0.39 is 6.29 Å². The summed E-state index contributed by atoms with van der Waals surface area (Å²) in [6.45, 7) is 5.98. The van der Waals surface area contributed by atoms with Crippen molar-refractivity contribution in [3.05, 3.63) is 29.3 Å². The van der Waals surface area contributed by atoms with Gasteiger partial charge in [0.25, 0.3) is 0 Å². The highest BCUT2D eigenvalue weighted by Crippen LogP contribution is 2.23. The summed E-state index contributed by atoms with van der Waals surface area (Å²) >= 11 is 5.97. The number of carbonyl (C=O) groups is 2. The van der Waals surface area contributed by atoms with E-state index in [0.29, 0.717) is 31.3 Å². The standard InChI is InChI=1S/C17H24ClN3O4/c1-3-24-16(25-4-2)11-19-15(22)12-20-8-9-21(17(20)23)14-7-5-6-13(18)10-14/h5-7,10,16H,3-4,8-9,11-12H2,1-2H3,(H,19,22). The molecule has 8 heteroatoms. The highest BCUT2D eigenvalue weighted by molar-refractivity contribution is 6.30. The average Bonchev–Trinajstić information content (AvgIpc) is 2.94. The molecule has 0 spiro atoms. The molecule has 7 nitrogen and oxygen atoms in total. The fourth-order valence-electron chi connectivity index (χ4n) is 2.58. The lowest BCUT2D eigenvalue weighted by Crippen LogP contribution is -2.43. The minimum atomic E-state index is -0.476. The van der Waals surface area contributed by atoms with Crippen molar-refractivity contribution < 1.29 is 19.1 Å². The van der Waals surface area contributed by atoms with E-state index in [9.17, 15) is 9.59 Å². The first-order chi connectivity index (χ1) is 12.0. The molecule has 0 atom stereocenters. The third kappa shape index (κ3) is 5.59. The summed E-state index contributed by atoms with van der Waals surface area (Å²) in [6, 6.07) is 6.90. The van der Waals surface area contributed by atoms with Crippen LogP contribution in [0.4, 0.5) is 10.5 Å². The molecule has 1 saturated heterocycles. The zero-order valence-corrected chi connectivity index (χ0v) is 15.3. The maximum Gasteiger partial charge on any atom is 0.325 e. The monoisotopic (exact) mass is 369 g/mol. The molecule has 1 aliphatic heterocycles. The van der Waals surface area contributed by atoms with E-state index >= 15 is 0 Å². The zero-order valence-electron chi connectivity index (χ0n) is 14.5. The van der Waals surface area contributed by atoms with Crippen LogP contribution in [0.3, 0.4) is 0 Å². The van der Waals surface area contributed by atoms with Crippen LogP contribution in [0, 0.1) is 0 Å². The van der Waals surface area contributed by atoms with E-state index in [4.69, 9.17) is 21.1 Å². The van der Waals surface area contributed by atoms with Crippen molar-refractivity contribution in [1.82, 2.24) is 10.2 Å². The normalized spacial score (nSPS) is 14.5. The van der Waals surface area contributed by atoms with Crippen LogP contribution in [-0.4, -0.2) is 62.5 Å². The Hall–Kier alpha value is -1.83. The van der Waals surface area contributed by atoms with Crippen molar-refractivity contribution in [2.75, 3.05) is 44.3 Å². The third-order valence-electron chi connectivity index (χ3n) is 3.72. The van der Waals surface area contributed by atoms with Crippen LogP contribution in [-0.2, 0) is 14.3 Å². The largest absolute Gasteiger partial charge is 0.351 e. The molecule has 0 bridgehead atoms. The fraction of sp³-hybridized carbons (Fsp3) is 0.529. The van der Waals surface area contributed by atoms with Gasteiger partial charge in [0, 0.05) is 37.0 Å². The number of benzene rings is 1. The van der Waals surface area contributed by atoms with E-state index in [2.05, 4.69) is 5.32 Å². The topological polar surface area (TPSA) is 71.1 Å². The highest BCUT2D eigenvalue weighted by Gasteiger charge is 2.30. The first kappa shape index (κ1) is 19.5. The Bertz CT molecular complexity index is 593. The van der Waals surface area contributed by atoms with Gasteiger partial charge in [0.2, 0.25) is 5.91 Å². The highest BCUT2D eigenvalue weighted by atomic mass is 35.5. The molecular weight excluding hydrogens is 346 g/mol. The Morgan fingerprint density at radius 3 is 2.64 bits per heavy atom. The van der Waals surface area contributed by atoms with Crippen LogP contribution >= 0.6 is 11.6 Å². The van der Waals surface area contributed by atoms with E-state index in [1.807, 2.05) is 19.9 Å². The van der Waals surface area contributed by atoms with Crippen molar-refractivity contribution in [2.24, 2.45) is 0 Å². The van der Waals surface area contributed by atoms with Gasteiger partial charge in [0.15, 0.2) is 6.29 Å². The summed E-state index contributed by atoms with van der Waals surface area (Å²) in [5.41, 5.74) is 0.730. The van der Waals surface area contributed by atoms with Crippen LogP contribution in [0.5, 0.6) is 0 Å². The fourth-order valence-corrected chi connectivity index (χ4v) is 2.76. The Labute approximate surface area is 152 Å².